The molecule has 23 heavy (non-hydrogen) atoms. The molecule has 1 saturated heterocycles. The molecule has 3 rings (SSSR count). The maximum Gasteiger partial charge on any atom is 0.226 e. The molecule has 0 radical (unpaired) electrons. The highest BCUT2D eigenvalue weighted by atomic mass is 35.5. The van der Waals surface area contributed by atoms with Gasteiger partial charge in [0.1, 0.15) is 5.82 Å². The minimum absolute atomic E-state index is 0. The first kappa shape index (κ1) is 18.5. The van der Waals surface area contributed by atoms with Crippen LogP contribution in [-0.2, 0) is 4.79 Å². The number of rotatable bonds is 5. The van der Waals surface area contributed by atoms with Gasteiger partial charge in [0.25, 0.3) is 0 Å². The number of benzene rings is 1. The van der Waals surface area contributed by atoms with E-state index < -0.39 is 0 Å². The average Bonchev–Trinajstić information content (AvgIpc) is 3.08. The van der Waals surface area contributed by atoms with Crippen LogP contribution in [0.3, 0.4) is 0 Å². The number of carbonyl (C=O) groups excluding carboxylic acids is 1. The van der Waals surface area contributed by atoms with Gasteiger partial charge in [0, 0.05) is 41.6 Å². The Hall–Kier alpha value is -0.840. The number of nitrogens with one attached hydrogen (secondary N) is 1. The van der Waals surface area contributed by atoms with E-state index in [4.69, 9.17) is 11.6 Å². The van der Waals surface area contributed by atoms with E-state index in [1.807, 2.05) is 4.90 Å². The molecule has 3 atom stereocenters. The van der Waals surface area contributed by atoms with Gasteiger partial charge in [0.2, 0.25) is 5.91 Å². The van der Waals surface area contributed by atoms with Crippen LogP contribution in [0.25, 0.3) is 0 Å². The van der Waals surface area contributed by atoms with Gasteiger partial charge in [-0.3, -0.25) is 4.79 Å². The molecule has 1 aliphatic heterocycles. The predicted molar refractivity (Wildman–Crippen MR) is 92.8 cm³/mol. The summed E-state index contributed by atoms with van der Waals surface area (Å²) in [6, 6.07) is 5.01. The molecule has 0 spiro atoms. The topological polar surface area (TPSA) is 32.3 Å². The third kappa shape index (κ3) is 3.81. The van der Waals surface area contributed by atoms with Crippen LogP contribution in [0, 0.1) is 11.7 Å². The first-order valence-electron chi connectivity index (χ1n) is 8.08. The lowest BCUT2D eigenvalue weighted by atomic mass is 10.1. The fraction of sp³-hybridized carbons (Fsp3) is 0.588. The van der Waals surface area contributed by atoms with Crippen molar-refractivity contribution in [3.63, 3.8) is 0 Å². The van der Waals surface area contributed by atoms with Crippen molar-refractivity contribution < 1.29 is 9.18 Å². The first-order valence-corrected chi connectivity index (χ1v) is 8.46. The van der Waals surface area contributed by atoms with Crippen LogP contribution in [0.5, 0.6) is 0 Å². The monoisotopic (exact) mass is 360 g/mol. The van der Waals surface area contributed by atoms with Crippen LogP contribution in [0.1, 0.15) is 37.7 Å². The Morgan fingerprint density at radius 3 is 2.87 bits per heavy atom. The van der Waals surface area contributed by atoms with Gasteiger partial charge in [-0.25, -0.2) is 4.39 Å². The van der Waals surface area contributed by atoms with Gasteiger partial charge >= 0.3 is 0 Å². The summed E-state index contributed by atoms with van der Waals surface area (Å²) in [7, 11) is 0. The lowest BCUT2D eigenvalue weighted by Crippen LogP contribution is -2.43. The van der Waals surface area contributed by atoms with Gasteiger partial charge < -0.3 is 10.2 Å². The van der Waals surface area contributed by atoms with Crippen LogP contribution in [-0.4, -0.2) is 36.5 Å². The lowest BCUT2D eigenvalue weighted by Gasteiger charge is -2.28. The number of nitrogens with zero attached hydrogens (tertiary/aromatic N) is 1. The van der Waals surface area contributed by atoms with Crippen LogP contribution < -0.4 is 5.32 Å². The second kappa shape index (κ2) is 7.82. The molecule has 1 amide bonds. The standard InChI is InChI=1S/C17H22ClFN2O.ClH/c1-2-8-21(11-6-7-20-10-11)17(22)13-9-12(13)16-14(18)4-3-5-15(16)19;/h3-5,11-13,20H,2,6-10H2,1H3;1H. The molecular formula is C17H23Cl2FN2O. The zero-order chi connectivity index (χ0) is 15.7. The molecule has 3 unspecified atom stereocenters. The van der Waals surface area contributed by atoms with Crippen molar-refractivity contribution in [3.8, 4) is 0 Å². The van der Waals surface area contributed by atoms with Gasteiger partial charge in [-0.2, -0.15) is 0 Å². The molecule has 1 N–H and O–H groups in total. The molecule has 1 aromatic carbocycles. The summed E-state index contributed by atoms with van der Waals surface area (Å²) in [4.78, 5) is 14.8. The van der Waals surface area contributed by atoms with E-state index in [0.717, 1.165) is 32.5 Å². The number of carbonyl (C=O) groups is 1. The fourth-order valence-electron chi connectivity index (χ4n) is 3.48. The van der Waals surface area contributed by atoms with Crippen LogP contribution in [0.4, 0.5) is 4.39 Å². The van der Waals surface area contributed by atoms with Gasteiger partial charge in [0.15, 0.2) is 0 Å². The van der Waals surface area contributed by atoms with Gasteiger partial charge in [-0.05, 0) is 37.9 Å². The molecule has 2 fully saturated rings. The molecule has 1 aromatic rings. The van der Waals surface area contributed by atoms with Crippen LogP contribution in [0.2, 0.25) is 5.02 Å². The molecule has 1 saturated carbocycles. The predicted octanol–water partition coefficient (Wildman–Crippen LogP) is 3.60. The largest absolute Gasteiger partial charge is 0.338 e. The summed E-state index contributed by atoms with van der Waals surface area (Å²) >= 11 is 6.13. The number of halogens is 3. The fourth-order valence-corrected chi connectivity index (χ4v) is 3.79. The Kier molecular flexibility index (Phi) is 6.29. The SMILES string of the molecule is CCCN(C(=O)C1CC1c1c(F)cccc1Cl)C1CCNC1.Cl. The minimum Gasteiger partial charge on any atom is -0.338 e. The Bertz CT molecular complexity index is 543. The van der Waals surface area contributed by atoms with Crippen molar-refractivity contribution >= 4 is 29.9 Å². The summed E-state index contributed by atoms with van der Waals surface area (Å²) in [6.07, 6.45) is 2.66. The highest BCUT2D eigenvalue weighted by molar-refractivity contribution is 6.31. The molecule has 128 valence electrons. The normalized spacial score (nSPS) is 25.8. The summed E-state index contributed by atoms with van der Waals surface area (Å²) in [6.45, 7) is 4.69. The third-order valence-electron chi connectivity index (χ3n) is 4.70. The Morgan fingerprint density at radius 2 is 2.26 bits per heavy atom. The quantitative estimate of drug-likeness (QED) is 0.869. The highest BCUT2D eigenvalue weighted by Gasteiger charge is 2.48. The smallest absolute Gasteiger partial charge is 0.226 e. The number of hydrogen-bond donors (Lipinski definition) is 1. The average molecular weight is 361 g/mol. The molecule has 6 heteroatoms. The van der Waals surface area contributed by atoms with E-state index in [2.05, 4.69) is 12.2 Å². The maximum absolute atomic E-state index is 14.0. The minimum atomic E-state index is -0.294. The van der Waals surface area contributed by atoms with E-state index in [9.17, 15) is 9.18 Å². The van der Waals surface area contributed by atoms with Crippen molar-refractivity contribution in [2.45, 2.75) is 38.1 Å². The molecule has 3 nitrogen and oxygen atoms in total. The van der Waals surface area contributed by atoms with Crippen molar-refractivity contribution in [1.29, 1.82) is 0 Å². The van der Waals surface area contributed by atoms with Crippen LogP contribution in [0.15, 0.2) is 18.2 Å². The molecule has 1 heterocycles. The van der Waals surface area contributed by atoms with E-state index >= 15 is 0 Å². The van der Waals surface area contributed by atoms with Crippen molar-refractivity contribution in [2.75, 3.05) is 19.6 Å². The Morgan fingerprint density at radius 1 is 1.48 bits per heavy atom. The second-order valence-electron chi connectivity index (χ2n) is 6.26. The number of amides is 1. The lowest BCUT2D eigenvalue weighted by molar-refractivity contribution is -0.134. The summed E-state index contributed by atoms with van der Waals surface area (Å²) in [5.41, 5.74) is 0.517. The van der Waals surface area contributed by atoms with Crippen molar-refractivity contribution in [1.82, 2.24) is 10.2 Å². The third-order valence-corrected chi connectivity index (χ3v) is 5.03. The molecule has 0 aromatic heterocycles. The first-order chi connectivity index (χ1) is 10.6. The summed E-state index contributed by atoms with van der Waals surface area (Å²) in [5.74, 6) is -0.297. The number of hydrogen-bond acceptors (Lipinski definition) is 2. The van der Waals surface area contributed by atoms with Gasteiger partial charge in [-0.15, -0.1) is 12.4 Å². The molecule has 1 aliphatic carbocycles. The summed E-state index contributed by atoms with van der Waals surface area (Å²) in [5, 5.41) is 3.75. The van der Waals surface area contributed by atoms with E-state index in [-0.39, 0.29) is 42.0 Å². The van der Waals surface area contributed by atoms with Crippen molar-refractivity contribution in [3.05, 3.63) is 34.6 Å². The van der Waals surface area contributed by atoms with Gasteiger partial charge in [0.05, 0.1) is 0 Å². The highest BCUT2D eigenvalue weighted by Crippen LogP contribution is 2.51. The Balaban J connectivity index is 0.00000192. The molecule has 0 bridgehead atoms. The Labute approximate surface area is 148 Å². The van der Waals surface area contributed by atoms with Crippen LogP contribution >= 0.6 is 24.0 Å². The zero-order valence-corrected chi connectivity index (χ0v) is 14.8. The van der Waals surface area contributed by atoms with E-state index in [0.29, 0.717) is 17.0 Å². The molecular weight excluding hydrogens is 338 g/mol. The van der Waals surface area contributed by atoms with E-state index in [1.54, 1.807) is 12.1 Å². The van der Waals surface area contributed by atoms with E-state index in [1.165, 1.54) is 6.07 Å². The maximum atomic E-state index is 14.0. The zero-order valence-electron chi connectivity index (χ0n) is 13.2. The van der Waals surface area contributed by atoms with Gasteiger partial charge in [-0.1, -0.05) is 24.6 Å². The molecule has 2 aliphatic rings. The summed E-state index contributed by atoms with van der Waals surface area (Å²) < 4.78 is 14.0. The van der Waals surface area contributed by atoms with Crippen molar-refractivity contribution in [2.24, 2.45) is 5.92 Å². The second-order valence-corrected chi connectivity index (χ2v) is 6.67.